The van der Waals surface area contributed by atoms with Crippen LogP contribution in [0.5, 0.6) is 0 Å². The van der Waals surface area contributed by atoms with Gasteiger partial charge in [-0.15, -0.1) is 0 Å². The second-order valence-electron chi connectivity index (χ2n) is 4.93. The number of rotatable bonds is 4. The molecule has 0 amide bonds. The smallest absolute Gasteiger partial charge is 0.134 e. The molecule has 0 spiro atoms. The maximum atomic E-state index is 9.93. The maximum Gasteiger partial charge on any atom is 0.134 e. The lowest BCUT2D eigenvalue weighted by molar-refractivity contribution is -0.0316. The van der Waals surface area contributed by atoms with Crippen LogP contribution in [0.15, 0.2) is 34.7 Å². The molecule has 3 heteroatoms. The lowest BCUT2D eigenvalue weighted by Gasteiger charge is -2.36. The Hall–Kier alpha value is -1.32. The second kappa shape index (κ2) is 4.17. The molecule has 17 heavy (non-hydrogen) atoms. The molecular weight excluding hydrogens is 214 g/mol. The average molecular weight is 231 g/mol. The Morgan fingerprint density at radius 1 is 1.29 bits per heavy atom. The van der Waals surface area contributed by atoms with Crippen molar-refractivity contribution in [3.8, 4) is 0 Å². The van der Waals surface area contributed by atoms with E-state index in [4.69, 9.17) is 4.42 Å². The van der Waals surface area contributed by atoms with Crippen LogP contribution < -0.4 is 5.32 Å². The van der Waals surface area contributed by atoms with Crippen molar-refractivity contribution in [2.75, 3.05) is 6.54 Å². The van der Waals surface area contributed by atoms with Crippen LogP contribution in [-0.2, 0) is 6.54 Å². The molecule has 1 aliphatic rings. The van der Waals surface area contributed by atoms with Crippen molar-refractivity contribution in [3.63, 3.8) is 0 Å². The summed E-state index contributed by atoms with van der Waals surface area (Å²) in [6.07, 6.45) is 2.98. The van der Waals surface area contributed by atoms with Crippen LogP contribution in [0.1, 0.15) is 25.0 Å². The van der Waals surface area contributed by atoms with E-state index in [1.807, 2.05) is 30.3 Å². The highest BCUT2D eigenvalue weighted by atomic mass is 16.3. The minimum absolute atomic E-state index is 0.466. The highest BCUT2D eigenvalue weighted by molar-refractivity contribution is 5.77. The Balaban J connectivity index is 1.61. The quantitative estimate of drug-likeness (QED) is 0.849. The van der Waals surface area contributed by atoms with Crippen LogP contribution in [-0.4, -0.2) is 17.3 Å². The number of hydrogen-bond donors (Lipinski definition) is 2. The van der Waals surface area contributed by atoms with Gasteiger partial charge in [0, 0.05) is 11.9 Å². The summed E-state index contributed by atoms with van der Waals surface area (Å²) in [4.78, 5) is 0. The molecule has 0 aliphatic heterocycles. The number of benzene rings is 1. The van der Waals surface area contributed by atoms with Crippen LogP contribution in [0.25, 0.3) is 11.0 Å². The van der Waals surface area contributed by atoms with Gasteiger partial charge in [0.05, 0.1) is 12.1 Å². The van der Waals surface area contributed by atoms with Gasteiger partial charge in [0.15, 0.2) is 0 Å². The van der Waals surface area contributed by atoms with E-state index in [0.717, 1.165) is 36.0 Å². The van der Waals surface area contributed by atoms with Crippen LogP contribution in [0, 0.1) is 0 Å². The normalized spacial score (nSPS) is 18.2. The number of fused-ring (bicyclic) bond motifs is 1. The third-order valence-electron chi connectivity index (χ3n) is 3.51. The first-order chi connectivity index (χ1) is 8.25. The molecule has 0 atom stereocenters. The first-order valence-electron chi connectivity index (χ1n) is 6.16. The van der Waals surface area contributed by atoms with Crippen LogP contribution in [0.2, 0.25) is 0 Å². The Morgan fingerprint density at radius 3 is 2.82 bits per heavy atom. The van der Waals surface area contributed by atoms with Crippen molar-refractivity contribution in [3.05, 3.63) is 36.1 Å². The lowest BCUT2D eigenvalue weighted by Crippen LogP contribution is -2.45. The summed E-state index contributed by atoms with van der Waals surface area (Å²) < 4.78 is 5.69. The molecule has 0 unspecified atom stereocenters. The summed E-state index contributed by atoms with van der Waals surface area (Å²) in [6, 6.07) is 10.0. The summed E-state index contributed by atoms with van der Waals surface area (Å²) in [5, 5.41) is 14.3. The van der Waals surface area contributed by atoms with Gasteiger partial charge in [-0.3, -0.25) is 0 Å². The van der Waals surface area contributed by atoms with Gasteiger partial charge in [-0.2, -0.15) is 0 Å². The number of nitrogens with one attached hydrogen (secondary N) is 1. The molecule has 90 valence electrons. The molecule has 3 nitrogen and oxygen atoms in total. The maximum absolute atomic E-state index is 9.93. The van der Waals surface area contributed by atoms with E-state index < -0.39 is 5.60 Å². The molecule has 1 aromatic heterocycles. The van der Waals surface area contributed by atoms with E-state index in [9.17, 15) is 5.11 Å². The summed E-state index contributed by atoms with van der Waals surface area (Å²) in [7, 11) is 0. The standard InChI is InChI=1S/C14H17NO2/c16-14(6-3-7-14)10-15-9-12-8-11-4-1-2-5-13(11)17-12/h1-2,4-5,8,15-16H,3,6-7,9-10H2. The van der Waals surface area contributed by atoms with E-state index >= 15 is 0 Å². The number of hydrogen-bond acceptors (Lipinski definition) is 3. The Bertz CT molecular complexity index is 481. The van der Waals surface area contributed by atoms with Crippen molar-refractivity contribution >= 4 is 11.0 Å². The van der Waals surface area contributed by atoms with Gasteiger partial charge in [0.1, 0.15) is 11.3 Å². The van der Waals surface area contributed by atoms with Gasteiger partial charge in [-0.25, -0.2) is 0 Å². The molecule has 0 saturated heterocycles. The van der Waals surface area contributed by atoms with Crippen molar-refractivity contribution in [1.29, 1.82) is 0 Å². The molecule has 1 heterocycles. The van der Waals surface area contributed by atoms with Crippen LogP contribution >= 0.6 is 0 Å². The monoisotopic (exact) mass is 231 g/mol. The van der Waals surface area contributed by atoms with Gasteiger partial charge in [0.25, 0.3) is 0 Å². The van der Waals surface area contributed by atoms with E-state index in [1.165, 1.54) is 0 Å². The highest BCUT2D eigenvalue weighted by Crippen LogP contribution is 2.30. The zero-order valence-corrected chi connectivity index (χ0v) is 9.78. The third-order valence-corrected chi connectivity index (χ3v) is 3.51. The second-order valence-corrected chi connectivity index (χ2v) is 4.93. The largest absolute Gasteiger partial charge is 0.460 e. The van der Waals surface area contributed by atoms with Crippen molar-refractivity contribution in [1.82, 2.24) is 5.32 Å². The van der Waals surface area contributed by atoms with Gasteiger partial charge >= 0.3 is 0 Å². The lowest BCUT2D eigenvalue weighted by atomic mass is 9.80. The number of furan rings is 1. The first kappa shape index (κ1) is 10.8. The van der Waals surface area contributed by atoms with E-state index in [2.05, 4.69) is 5.32 Å². The van der Waals surface area contributed by atoms with E-state index in [-0.39, 0.29) is 0 Å². The predicted molar refractivity (Wildman–Crippen MR) is 66.7 cm³/mol. The molecule has 2 aromatic rings. The number of para-hydroxylation sites is 1. The third kappa shape index (κ3) is 2.21. The Kier molecular flexibility index (Phi) is 2.65. The summed E-state index contributed by atoms with van der Waals surface area (Å²) in [6.45, 7) is 1.33. The van der Waals surface area contributed by atoms with Crippen molar-refractivity contribution in [2.24, 2.45) is 0 Å². The molecule has 3 rings (SSSR count). The number of aliphatic hydroxyl groups is 1. The first-order valence-corrected chi connectivity index (χ1v) is 6.16. The minimum Gasteiger partial charge on any atom is -0.460 e. The topological polar surface area (TPSA) is 45.4 Å². The fourth-order valence-corrected chi connectivity index (χ4v) is 2.30. The molecule has 2 N–H and O–H groups in total. The molecule has 1 fully saturated rings. The molecule has 1 aliphatic carbocycles. The zero-order valence-electron chi connectivity index (χ0n) is 9.78. The molecule has 1 aromatic carbocycles. The molecular formula is C14H17NO2. The van der Waals surface area contributed by atoms with Crippen molar-refractivity contribution in [2.45, 2.75) is 31.4 Å². The van der Waals surface area contributed by atoms with Gasteiger partial charge in [-0.1, -0.05) is 18.2 Å². The summed E-state index contributed by atoms with van der Waals surface area (Å²) in [5.41, 5.74) is 0.457. The molecule has 1 saturated carbocycles. The SMILES string of the molecule is OC1(CNCc2cc3ccccc3o2)CCC1. The zero-order chi connectivity index (χ0) is 11.7. The van der Waals surface area contributed by atoms with Gasteiger partial charge in [0.2, 0.25) is 0 Å². The average Bonchev–Trinajstić information content (AvgIpc) is 2.69. The van der Waals surface area contributed by atoms with Gasteiger partial charge in [-0.05, 0) is 31.4 Å². The van der Waals surface area contributed by atoms with Crippen LogP contribution in [0.4, 0.5) is 0 Å². The predicted octanol–water partition coefficient (Wildman–Crippen LogP) is 2.44. The van der Waals surface area contributed by atoms with E-state index in [1.54, 1.807) is 0 Å². The minimum atomic E-state index is -0.466. The molecule has 0 radical (unpaired) electrons. The molecule has 0 bridgehead atoms. The Labute approximate surface area is 100 Å². The fourth-order valence-electron chi connectivity index (χ4n) is 2.30. The summed E-state index contributed by atoms with van der Waals surface area (Å²) in [5.74, 6) is 0.925. The van der Waals surface area contributed by atoms with Crippen molar-refractivity contribution < 1.29 is 9.52 Å². The van der Waals surface area contributed by atoms with Crippen LogP contribution in [0.3, 0.4) is 0 Å². The highest BCUT2D eigenvalue weighted by Gasteiger charge is 2.33. The van der Waals surface area contributed by atoms with E-state index in [0.29, 0.717) is 13.1 Å². The summed E-state index contributed by atoms with van der Waals surface area (Å²) >= 11 is 0. The fraction of sp³-hybridized carbons (Fsp3) is 0.429. The van der Waals surface area contributed by atoms with Gasteiger partial charge < -0.3 is 14.8 Å². The Morgan fingerprint density at radius 2 is 2.12 bits per heavy atom.